The summed E-state index contributed by atoms with van der Waals surface area (Å²) in [6.45, 7) is 0.384. The first-order valence-corrected chi connectivity index (χ1v) is 11.9. The lowest BCUT2D eigenvalue weighted by molar-refractivity contribution is -0.111. The predicted molar refractivity (Wildman–Crippen MR) is 139 cm³/mol. The number of amides is 1. The Bertz CT molecular complexity index is 1320. The number of hydrogen-bond acceptors (Lipinski definition) is 5. The smallest absolute Gasteiger partial charge is 0.250 e. The fourth-order valence-corrected chi connectivity index (χ4v) is 4.16. The largest absolute Gasteiger partial charge is 0.493 e. The molecular weight excluding hydrogens is 491 g/mol. The molecule has 0 aliphatic carbocycles. The summed E-state index contributed by atoms with van der Waals surface area (Å²) in [7, 11) is 1.57. The van der Waals surface area contributed by atoms with Crippen molar-refractivity contribution in [3.8, 4) is 22.8 Å². The molecule has 0 saturated carbocycles. The van der Waals surface area contributed by atoms with Crippen LogP contribution in [0.25, 0.3) is 17.3 Å². The van der Waals surface area contributed by atoms with Gasteiger partial charge in [-0.3, -0.25) is 10.1 Å². The number of rotatable bonds is 8. The molecule has 5 nitrogen and oxygen atoms in total. The van der Waals surface area contributed by atoms with Crippen LogP contribution in [0.1, 0.15) is 11.1 Å². The standard InChI is InChI=1S/C26H20Cl2N2O3S/c1-32-24-14-17(8-12-23(24)33-15-18-6-10-19(27)11-7-18)9-13-25(31)30-26-29-22(16-34-26)20-4-2-3-5-21(20)28/h2-14,16H,15H2,1H3,(H,29,30,31). The number of carbonyl (C=O) groups is 1. The van der Waals surface area contributed by atoms with Gasteiger partial charge in [0.2, 0.25) is 5.91 Å². The predicted octanol–water partition coefficient (Wildman–Crippen LogP) is 7.36. The second-order valence-corrected chi connectivity index (χ2v) is 8.87. The SMILES string of the molecule is COc1cc(C=CC(=O)Nc2nc(-c3ccccc3Cl)cs2)ccc1OCc1ccc(Cl)cc1. The fraction of sp³-hybridized carbons (Fsp3) is 0.0769. The van der Waals surface area contributed by atoms with Gasteiger partial charge in [-0.2, -0.15) is 0 Å². The van der Waals surface area contributed by atoms with Crippen LogP contribution >= 0.6 is 34.5 Å². The molecule has 0 radical (unpaired) electrons. The number of aromatic nitrogens is 1. The maximum Gasteiger partial charge on any atom is 0.250 e. The Kier molecular flexibility index (Phi) is 7.85. The van der Waals surface area contributed by atoms with Gasteiger partial charge >= 0.3 is 0 Å². The van der Waals surface area contributed by atoms with Crippen molar-refractivity contribution in [3.05, 3.63) is 99.4 Å². The van der Waals surface area contributed by atoms with Gasteiger partial charge in [0.05, 0.1) is 12.8 Å². The van der Waals surface area contributed by atoms with E-state index in [2.05, 4.69) is 10.3 Å². The summed E-state index contributed by atoms with van der Waals surface area (Å²) in [6.07, 6.45) is 3.14. The number of halogens is 2. The minimum Gasteiger partial charge on any atom is -0.493 e. The van der Waals surface area contributed by atoms with Crippen LogP contribution in [0.15, 0.2) is 78.2 Å². The number of carbonyl (C=O) groups excluding carboxylic acids is 1. The molecule has 0 bridgehead atoms. The molecule has 0 aliphatic heterocycles. The van der Waals surface area contributed by atoms with Crippen molar-refractivity contribution >= 4 is 51.7 Å². The van der Waals surface area contributed by atoms with E-state index in [1.54, 1.807) is 25.3 Å². The Morgan fingerprint density at radius 1 is 1.06 bits per heavy atom. The fourth-order valence-electron chi connectivity index (χ4n) is 3.09. The van der Waals surface area contributed by atoms with Gasteiger partial charge in [-0.15, -0.1) is 11.3 Å². The number of thiazole rings is 1. The van der Waals surface area contributed by atoms with E-state index in [-0.39, 0.29) is 5.91 Å². The molecule has 0 aliphatic rings. The van der Waals surface area contributed by atoms with Crippen molar-refractivity contribution in [1.29, 1.82) is 0 Å². The molecule has 3 aromatic carbocycles. The van der Waals surface area contributed by atoms with Crippen molar-refractivity contribution in [1.82, 2.24) is 4.98 Å². The summed E-state index contributed by atoms with van der Waals surface area (Å²) < 4.78 is 11.3. The Morgan fingerprint density at radius 2 is 1.85 bits per heavy atom. The minimum atomic E-state index is -0.290. The van der Waals surface area contributed by atoms with Crippen LogP contribution in [0.2, 0.25) is 10.0 Å². The minimum absolute atomic E-state index is 0.290. The zero-order valence-corrected chi connectivity index (χ0v) is 20.5. The Hall–Kier alpha value is -3.32. The number of nitrogens with zero attached hydrogens (tertiary/aromatic N) is 1. The highest BCUT2D eigenvalue weighted by atomic mass is 35.5. The average molecular weight is 511 g/mol. The summed E-state index contributed by atoms with van der Waals surface area (Å²) in [5.41, 5.74) is 3.32. The molecule has 0 fully saturated rings. The van der Waals surface area contributed by atoms with Crippen molar-refractivity contribution in [2.24, 2.45) is 0 Å². The summed E-state index contributed by atoms with van der Waals surface area (Å²) >= 11 is 13.5. The molecule has 4 rings (SSSR count). The highest BCUT2D eigenvalue weighted by Gasteiger charge is 2.10. The van der Waals surface area contributed by atoms with E-state index in [9.17, 15) is 4.79 Å². The average Bonchev–Trinajstić information content (AvgIpc) is 3.31. The lowest BCUT2D eigenvalue weighted by Gasteiger charge is -2.11. The molecule has 0 atom stereocenters. The number of anilines is 1. The maximum absolute atomic E-state index is 12.4. The van der Waals surface area contributed by atoms with Gasteiger partial charge < -0.3 is 9.47 Å². The van der Waals surface area contributed by atoms with Crippen molar-refractivity contribution in [2.45, 2.75) is 6.61 Å². The van der Waals surface area contributed by atoms with Crippen LogP contribution in [0, 0.1) is 0 Å². The Labute approximate surface area is 211 Å². The van der Waals surface area contributed by atoms with Crippen LogP contribution in [0.3, 0.4) is 0 Å². The van der Waals surface area contributed by atoms with Gasteiger partial charge in [0, 0.05) is 27.1 Å². The first kappa shape index (κ1) is 23.8. The summed E-state index contributed by atoms with van der Waals surface area (Å²) in [5.74, 6) is 0.886. The van der Waals surface area contributed by atoms with E-state index in [0.29, 0.717) is 39.0 Å². The van der Waals surface area contributed by atoms with Crippen LogP contribution in [-0.2, 0) is 11.4 Å². The van der Waals surface area contributed by atoms with Crippen LogP contribution in [-0.4, -0.2) is 18.0 Å². The molecular formula is C26H20Cl2N2O3S. The first-order valence-electron chi connectivity index (χ1n) is 10.3. The lowest BCUT2D eigenvalue weighted by Crippen LogP contribution is -2.07. The molecule has 0 spiro atoms. The van der Waals surface area contributed by atoms with E-state index in [1.165, 1.54) is 17.4 Å². The number of benzene rings is 3. The van der Waals surface area contributed by atoms with E-state index in [4.69, 9.17) is 32.7 Å². The van der Waals surface area contributed by atoms with Gasteiger partial charge in [-0.05, 0) is 47.5 Å². The lowest BCUT2D eigenvalue weighted by atomic mass is 10.2. The molecule has 1 N–H and O–H groups in total. The third kappa shape index (κ3) is 6.17. The number of hydrogen-bond donors (Lipinski definition) is 1. The van der Waals surface area contributed by atoms with Crippen LogP contribution < -0.4 is 14.8 Å². The van der Waals surface area contributed by atoms with Crippen molar-refractivity contribution in [3.63, 3.8) is 0 Å². The van der Waals surface area contributed by atoms with Gasteiger partial charge in [-0.25, -0.2) is 4.98 Å². The third-order valence-corrected chi connectivity index (χ3v) is 6.15. The summed E-state index contributed by atoms with van der Waals surface area (Å²) in [4.78, 5) is 16.8. The molecule has 4 aromatic rings. The van der Waals surface area contributed by atoms with E-state index >= 15 is 0 Å². The maximum atomic E-state index is 12.4. The molecule has 1 amide bonds. The number of nitrogens with one attached hydrogen (secondary N) is 1. The van der Waals surface area contributed by atoms with E-state index < -0.39 is 0 Å². The number of ether oxygens (including phenoxy) is 2. The normalized spacial score (nSPS) is 10.9. The zero-order valence-electron chi connectivity index (χ0n) is 18.1. The summed E-state index contributed by atoms with van der Waals surface area (Å²) in [5, 5.41) is 6.42. The second-order valence-electron chi connectivity index (χ2n) is 7.17. The third-order valence-electron chi connectivity index (χ3n) is 4.81. The van der Waals surface area contributed by atoms with Gasteiger partial charge in [0.1, 0.15) is 6.61 Å². The molecule has 1 aromatic heterocycles. The molecule has 172 valence electrons. The molecule has 8 heteroatoms. The first-order chi connectivity index (χ1) is 16.5. The van der Waals surface area contributed by atoms with Gasteiger partial charge in [-0.1, -0.05) is 59.6 Å². The zero-order chi connectivity index (χ0) is 23.9. The van der Waals surface area contributed by atoms with Crippen molar-refractivity contribution < 1.29 is 14.3 Å². The highest BCUT2D eigenvalue weighted by molar-refractivity contribution is 7.14. The van der Waals surface area contributed by atoms with Crippen molar-refractivity contribution in [2.75, 3.05) is 12.4 Å². The quantitative estimate of drug-likeness (QED) is 0.251. The van der Waals surface area contributed by atoms with Gasteiger partial charge in [0.15, 0.2) is 16.6 Å². The second kappa shape index (κ2) is 11.2. The van der Waals surface area contributed by atoms with Gasteiger partial charge in [0.25, 0.3) is 0 Å². The highest BCUT2D eigenvalue weighted by Crippen LogP contribution is 2.31. The Morgan fingerprint density at radius 3 is 2.62 bits per heavy atom. The van der Waals surface area contributed by atoms with E-state index in [0.717, 1.165) is 16.7 Å². The molecule has 34 heavy (non-hydrogen) atoms. The Balaban J connectivity index is 1.38. The number of methoxy groups -OCH3 is 1. The van der Waals surface area contributed by atoms with E-state index in [1.807, 2.05) is 60.0 Å². The molecule has 0 saturated heterocycles. The van der Waals surface area contributed by atoms with Crippen LogP contribution in [0.5, 0.6) is 11.5 Å². The molecule has 0 unspecified atom stereocenters. The summed E-state index contributed by atoms with van der Waals surface area (Å²) in [6, 6.07) is 20.4. The molecule has 1 heterocycles. The monoisotopic (exact) mass is 510 g/mol. The van der Waals surface area contributed by atoms with Crippen LogP contribution in [0.4, 0.5) is 5.13 Å². The topological polar surface area (TPSA) is 60.5 Å².